The largest absolute Gasteiger partial charge is 0.506 e. The van der Waals surface area contributed by atoms with Gasteiger partial charge in [0.1, 0.15) is 11.5 Å². The molecule has 9 heteroatoms. The fourth-order valence-electron chi connectivity index (χ4n) is 0.612. The first-order valence-electron chi connectivity index (χ1n) is 3.38. The van der Waals surface area contributed by atoms with E-state index in [1.807, 2.05) is 0 Å². The molecule has 86 valence electrons. The van der Waals surface area contributed by atoms with Crippen LogP contribution >= 0.6 is 0 Å². The molecule has 0 saturated carbocycles. The fourth-order valence-corrected chi connectivity index (χ4v) is 0.612. The maximum atomic E-state index is 8.88. The summed E-state index contributed by atoms with van der Waals surface area (Å²) in [5.74, 6) is -0.321. The van der Waals surface area contributed by atoms with Gasteiger partial charge in [-0.25, -0.2) is 0 Å². The minimum Gasteiger partial charge on any atom is -0.506 e. The third-order valence-corrected chi connectivity index (χ3v) is 1.18. The molecule has 0 amide bonds. The molecule has 0 bridgehead atoms. The minimum atomic E-state index is -4.67. The van der Waals surface area contributed by atoms with Gasteiger partial charge in [0, 0.05) is 6.07 Å². The normalized spacial score (nSPS) is 10.3. The highest BCUT2D eigenvalue weighted by atomic mass is 32.3. The second kappa shape index (κ2) is 4.68. The van der Waals surface area contributed by atoms with Crippen LogP contribution in [0.1, 0.15) is 0 Å². The quantitative estimate of drug-likeness (QED) is 0.154. The number of phenols is 2. The Kier molecular flexibility index (Phi) is 4.15. The van der Waals surface area contributed by atoms with Gasteiger partial charge in [-0.05, 0) is 6.07 Å². The fraction of sp³-hybridized carbons (Fsp3) is 0. The van der Waals surface area contributed by atoms with Crippen LogP contribution in [0, 0.1) is 0 Å². The molecule has 0 aromatic heterocycles. The molecule has 1 rings (SSSR count). The van der Waals surface area contributed by atoms with E-state index in [4.69, 9.17) is 39.2 Å². The molecule has 0 fully saturated rings. The van der Waals surface area contributed by atoms with Crippen LogP contribution in [0.4, 0.5) is 11.4 Å². The third-order valence-electron chi connectivity index (χ3n) is 1.18. The lowest BCUT2D eigenvalue weighted by molar-refractivity contribution is 0.381. The Bertz CT molecular complexity index is 385. The first-order valence-corrected chi connectivity index (χ1v) is 4.77. The number of hydrogen-bond acceptors (Lipinski definition) is 6. The van der Waals surface area contributed by atoms with Crippen molar-refractivity contribution in [3.63, 3.8) is 0 Å². The van der Waals surface area contributed by atoms with Crippen LogP contribution in [0.2, 0.25) is 0 Å². The second-order valence-electron chi connectivity index (χ2n) is 2.42. The third kappa shape index (κ3) is 6.37. The van der Waals surface area contributed by atoms with Crippen LogP contribution < -0.4 is 11.5 Å². The number of hydrogen-bond donors (Lipinski definition) is 6. The van der Waals surface area contributed by atoms with Crippen LogP contribution in [0.25, 0.3) is 0 Å². The van der Waals surface area contributed by atoms with Crippen molar-refractivity contribution < 1.29 is 27.7 Å². The molecule has 1 aromatic rings. The van der Waals surface area contributed by atoms with Crippen molar-refractivity contribution in [3.8, 4) is 11.5 Å². The summed E-state index contributed by atoms with van der Waals surface area (Å²) in [7, 11) is -4.67. The zero-order valence-electron chi connectivity index (χ0n) is 7.32. The molecule has 8 N–H and O–H groups in total. The number of nitrogen functional groups attached to an aromatic ring is 2. The highest BCUT2D eigenvalue weighted by molar-refractivity contribution is 7.79. The number of aromatic hydroxyl groups is 2. The molecular weight excluding hydrogens is 228 g/mol. The maximum absolute atomic E-state index is 8.88. The van der Waals surface area contributed by atoms with E-state index in [-0.39, 0.29) is 22.9 Å². The van der Waals surface area contributed by atoms with Crippen LogP contribution in [-0.2, 0) is 10.4 Å². The molecular formula is C6H10N2O6S. The summed E-state index contributed by atoms with van der Waals surface area (Å²) in [6.07, 6.45) is 0. The predicted octanol–water partition coefficient (Wildman–Crippen LogP) is -0.391. The van der Waals surface area contributed by atoms with Gasteiger partial charge in [0.15, 0.2) is 0 Å². The van der Waals surface area contributed by atoms with E-state index < -0.39 is 10.4 Å². The van der Waals surface area contributed by atoms with E-state index in [1.165, 1.54) is 6.07 Å². The number of benzene rings is 1. The Morgan fingerprint density at radius 3 is 1.40 bits per heavy atom. The molecule has 0 aliphatic rings. The summed E-state index contributed by atoms with van der Waals surface area (Å²) < 4.78 is 31.6. The molecule has 8 nitrogen and oxygen atoms in total. The van der Waals surface area contributed by atoms with Crippen LogP contribution in [0.3, 0.4) is 0 Å². The van der Waals surface area contributed by atoms with E-state index >= 15 is 0 Å². The topological polar surface area (TPSA) is 167 Å². The lowest BCUT2D eigenvalue weighted by Crippen LogP contribution is -1.90. The SMILES string of the molecule is Nc1cc(N)c(O)cc1O.O=S(=O)(O)O. The summed E-state index contributed by atoms with van der Waals surface area (Å²) >= 11 is 0. The van der Waals surface area contributed by atoms with Gasteiger partial charge >= 0.3 is 10.4 Å². The van der Waals surface area contributed by atoms with Gasteiger partial charge in [-0.1, -0.05) is 0 Å². The average Bonchev–Trinajstić information content (AvgIpc) is 1.98. The highest BCUT2D eigenvalue weighted by Crippen LogP contribution is 2.30. The van der Waals surface area contributed by atoms with E-state index in [2.05, 4.69) is 0 Å². The van der Waals surface area contributed by atoms with Crippen molar-refractivity contribution in [2.75, 3.05) is 11.5 Å². The summed E-state index contributed by atoms with van der Waals surface area (Å²) in [4.78, 5) is 0. The number of nitrogens with two attached hydrogens (primary N) is 2. The van der Waals surface area contributed by atoms with Gasteiger partial charge in [0.2, 0.25) is 0 Å². The summed E-state index contributed by atoms with van der Waals surface area (Å²) in [6.45, 7) is 0. The summed E-state index contributed by atoms with van der Waals surface area (Å²) in [5, 5.41) is 17.8. The highest BCUT2D eigenvalue weighted by Gasteiger charge is 2.01. The van der Waals surface area contributed by atoms with Crippen molar-refractivity contribution in [2.24, 2.45) is 0 Å². The Hall–Kier alpha value is -1.71. The molecule has 0 heterocycles. The van der Waals surface area contributed by atoms with Gasteiger partial charge in [-0.15, -0.1) is 0 Å². The standard InChI is InChI=1S/C6H8N2O2.H2O4S/c7-3-1-4(8)6(10)2-5(3)9;1-5(2,3)4/h1-2,9-10H,7-8H2;(H2,1,2,3,4). The van der Waals surface area contributed by atoms with Gasteiger partial charge < -0.3 is 21.7 Å². The smallest absolute Gasteiger partial charge is 0.394 e. The Labute approximate surface area is 85.3 Å². The molecule has 0 saturated heterocycles. The van der Waals surface area contributed by atoms with Crippen molar-refractivity contribution in [1.29, 1.82) is 0 Å². The Morgan fingerprint density at radius 2 is 1.20 bits per heavy atom. The first kappa shape index (κ1) is 13.3. The predicted molar refractivity (Wildman–Crippen MR) is 52.8 cm³/mol. The van der Waals surface area contributed by atoms with Gasteiger partial charge in [-0.2, -0.15) is 8.42 Å². The molecule has 0 aliphatic heterocycles. The van der Waals surface area contributed by atoms with Crippen molar-refractivity contribution in [3.05, 3.63) is 12.1 Å². The molecule has 0 spiro atoms. The number of phenolic OH excluding ortho intramolecular Hbond substituents is 2. The first-order chi connectivity index (χ1) is 6.61. The summed E-state index contributed by atoms with van der Waals surface area (Å²) in [6, 6.07) is 2.40. The maximum Gasteiger partial charge on any atom is 0.394 e. The summed E-state index contributed by atoms with van der Waals surface area (Å²) in [5.41, 5.74) is 10.8. The molecule has 15 heavy (non-hydrogen) atoms. The molecule has 0 atom stereocenters. The molecule has 0 aliphatic carbocycles. The average molecular weight is 238 g/mol. The molecule has 0 radical (unpaired) electrons. The zero-order chi connectivity index (χ0) is 12.2. The second-order valence-corrected chi connectivity index (χ2v) is 3.31. The van der Waals surface area contributed by atoms with Crippen molar-refractivity contribution in [1.82, 2.24) is 0 Å². The Morgan fingerprint density at radius 1 is 0.933 bits per heavy atom. The van der Waals surface area contributed by atoms with Crippen LogP contribution in [0.15, 0.2) is 12.1 Å². The zero-order valence-corrected chi connectivity index (χ0v) is 8.14. The minimum absolute atomic E-state index is 0.160. The van der Waals surface area contributed by atoms with E-state index in [0.29, 0.717) is 0 Å². The van der Waals surface area contributed by atoms with Gasteiger partial charge in [0.25, 0.3) is 0 Å². The van der Waals surface area contributed by atoms with E-state index in [1.54, 1.807) is 0 Å². The van der Waals surface area contributed by atoms with E-state index in [9.17, 15) is 0 Å². The lowest BCUT2D eigenvalue weighted by Gasteiger charge is -2.01. The van der Waals surface area contributed by atoms with Gasteiger partial charge in [-0.3, -0.25) is 9.11 Å². The Balaban J connectivity index is 0.000000336. The number of anilines is 2. The van der Waals surface area contributed by atoms with Crippen LogP contribution in [0.5, 0.6) is 11.5 Å². The van der Waals surface area contributed by atoms with Crippen molar-refractivity contribution in [2.45, 2.75) is 0 Å². The lowest BCUT2D eigenvalue weighted by atomic mass is 10.2. The van der Waals surface area contributed by atoms with E-state index in [0.717, 1.165) is 6.07 Å². The monoisotopic (exact) mass is 238 g/mol. The van der Waals surface area contributed by atoms with Crippen molar-refractivity contribution >= 4 is 21.8 Å². The number of rotatable bonds is 0. The molecule has 0 unspecified atom stereocenters. The molecule has 1 aromatic carbocycles. The van der Waals surface area contributed by atoms with Gasteiger partial charge in [0.05, 0.1) is 11.4 Å². The van der Waals surface area contributed by atoms with Crippen LogP contribution in [-0.4, -0.2) is 27.7 Å².